The lowest BCUT2D eigenvalue weighted by Crippen LogP contribution is -2.48. The van der Waals surface area contributed by atoms with E-state index in [2.05, 4.69) is 5.32 Å². The Labute approximate surface area is 114 Å². The summed E-state index contributed by atoms with van der Waals surface area (Å²) in [5.74, 6) is -0.628. The summed E-state index contributed by atoms with van der Waals surface area (Å²) in [6, 6.07) is 6.43. The van der Waals surface area contributed by atoms with Gasteiger partial charge in [-0.2, -0.15) is 0 Å². The van der Waals surface area contributed by atoms with E-state index in [0.29, 0.717) is 24.3 Å². The van der Waals surface area contributed by atoms with E-state index in [-0.39, 0.29) is 0 Å². The molecule has 1 aromatic carbocycles. The van der Waals surface area contributed by atoms with Gasteiger partial charge in [-0.05, 0) is 6.07 Å². The average Bonchev–Trinajstić information content (AvgIpc) is 2.64. The first-order valence-electron chi connectivity index (χ1n) is 6.19. The van der Waals surface area contributed by atoms with Crippen molar-refractivity contribution in [2.45, 2.75) is 12.0 Å². The molecule has 104 valence electrons. The molecular weight excluding hydrogens is 262 g/mol. The number of hydrogen-bond acceptors (Lipinski definition) is 4. The number of ether oxygens (including phenoxy) is 1. The van der Waals surface area contributed by atoms with Crippen LogP contribution in [0.15, 0.2) is 24.3 Å². The number of nitrogens with zero attached hydrogens (tertiary/aromatic N) is 1. The van der Waals surface area contributed by atoms with Gasteiger partial charge in [-0.15, -0.1) is 0 Å². The molecule has 1 fully saturated rings. The Kier molecular flexibility index (Phi) is 2.63. The van der Waals surface area contributed by atoms with Gasteiger partial charge in [0.1, 0.15) is 12.3 Å². The van der Waals surface area contributed by atoms with Crippen LogP contribution in [0.5, 0.6) is 5.75 Å². The minimum absolute atomic E-state index is 0.313. The highest BCUT2D eigenvalue weighted by atomic mass is 16.5. The van der Waals surface area contributed by atoms with Crippen molar-refractivity contribution in [1.29, 1.82) is 0 Å². The lowest BCUT2D eigenvalue weighted by molar-refractivity contribution is -0.135. The Hall–Kier alpha value is -2.57. The van der Waals surface area contributed by atoms with Gasteiger partial charge in [-0.25, -0.2) is 4.79 Å². The Morgan fingerprint density at radius 3 is 2.90 bits per heavy atom. The van der Waals surface area contributed by atoms with Crippen LogP contribution >= 0.6 is 0 Å². The molecule has 3 N–H and O–H groups in total. The van der Waals surface area contributed by atoms with E-state index in [4.69, 9.17) is 10.5 Å². The molecule has 7 heteroatoms. The Morgan fingerprint density at radius 2 is 2.15 bits per heavy atom. The van der Waals surface area contributed by atoms with Crippen molar-refractivity contribution in [3.8, 4) is 5.75 Å². The number of hydrogen-bond donors (Lipinski definition) is 2. The summed E-state index contributed by atoms with van der Waals surface area (Å²) in [6.07, 6.45) is 0.323. The van der Waals surface area contributed by atoms with Crippen molar-refractivity contribution < 1.29 is 19.1 Å². The van der Waals surface area contributed by atoms with Crippen molar-refractivity contribution in [3.05, 3.63) is 29.8 Å². The number of imide groups is 1. The number of nitrogens with one attached hydrogen (secondary N) is 1. The molecule has 20 heavy (non-hydrogen) atoms. The lowest BCUT2D eigenvalue weighted by Gasteiger charge is -2.33. The first-order valence-corrected chi connectivity index (χ1v) is 6.19. The molecule has 2 heterocycles. The number of amides is 4. The molecule has 0 aromatic heterocycles. The van der Waals surface area contributed by atoms with Crippen LogP contribution in [-0.2, 0) is 15.1 Å². The Morgan fingerprint density at radius 1 is 1.40 bits per heavy atom. The largest absolute Gasteiger partial charge is 0.493 e. The van der Waals surface area contributed by atoms with Gasteiger partial charge in [0.15, 0.2) is 5.54 Å². The van der Waals surface area contributed by atoms with Gasteiger partial charge in [0.2, 0.25) is 5.91 Å². The van der Waals surface area contributed by atoms with E-state index in [9.17, 15) is 14.4 Å². The third kappa shape index (κ3) is 1.63. The predicted octanol–water partition coefficient (Wildman–Crippen LogP) is -0.298. The summed E-state index contributed by atoms with van der Waals surface area (Å²) in [4.78, 5) is 36.4. The molecule has 2 aliphatic rings. The van der Waals surface area contributed by atoms with E-state index in [1.165, 1.54) is 0 Å². The second kappa shape index (κ2) is 4.22. The summed E-state index contributed by atoms with van der Waals surface area (Å²) in [6.45, 7) is -0.108. The summed E-state index contributed by atoms with van der Waals surface area (Å²) in [7, 11) is 0. The number of primary amides is 1. The van der Waals surface area contributed by atoms with E-state index in [1.54, 1.807) is 24.3 Å². The van der Waals surface area contributed by atoms with E-state index in [1.807, 2.05) is 0 Å². The molecule has 4 amide bonds. The first kappa shape index (κ1) is 12.5. The van der Waals surface area contributed by atoms with E-state index in [0.717, 1.165) is 4.90 Å². The molecule has 0 radical (unpaired) electrons. The number of carbonyl (C=O) groups excluding carboxylic acids is 3. The topological polar surface area (TPSA) is 102 Å². The van der Waals surface area contributed by atoms with Gasteiger partial charge in [0.05, 0.1) is 6.61 Å². The average molecular weight is 275 g/mol. The van der Waals surface area contributed by atoms with Crippen molar-refractivity contribution in [2.75, 3.05) is 13.2 Å². The number of para-hydroxylation sites is 1. The highest BCUT2D eigenvalue weighted by Crippen LogP contribution is 2.40. The molecule has 0 saturated carbocycles. The van der Waals surface area contributed by atoms with Crippen LogP contribution in [0, 0.1) is 0 Å². The monoisotopic (exact) mass is 275 g/mol. The van der Waals surface area contributed by atoms with Gasteiger partial charge in [0, 0.05) is 12.0 Å². The Balaban J connectivity index is 2.05. The van der Waals surface area contributed by atoms with Crippen LogP contribution in [0.25, 0.3) is 0 Å². The predicted molar refractivity (Wildman–Crippen MR) is 67.7 cm³/mol. The number of nitrogens with two attached hydrogens (primary N) is 1. The maximum absolute atomic E-state index is 12.6. The summed E-state index contributed by atoms with van der Waals surface area (Å²) < 4.78 is 5.50. The van der Waals surface area contributed by atoms with Crippen molar-refractivity contribution >= 4 is 17.8 Å². The third-order valence-electron chi connectivity index (χ3n) is 3.57. The van der Waals surface area contributed by atoms with Gasteiger partial charge in [-0.3, -0.25) is 14.5 Å². The zero-order valence-corrected chi connectivity index (χ0v) is 10.6. The first-order chi connectivity index (χ1) is 9.54. The van der Waals surface area contributed by atoms with Gasteiger partial charge in [-0.1, -0.05) is 18.2 Å². The van der Waals surface area contributed by atoms with Crippen LogP contribution in [0.4, 0.5) is 4.79 Å². The fraction of sp³-hybridized carbons (Fsp3) is 0.308. The Bertz CT molecular complexity index is 615. The number of carbonyl (C=O) groups is 3. The van der Waals surface area contributed by atoms with Gasteiger partial charge >= 0.3 is 6.03 Å². The standard InChI is InChI=1S/C13H13N3O4/c14-10(17)7-16-11(18)13(15-12(16)19)5-6-20-9-4-2-1-3-8(9)13/h1-4H,5-7H2,(H2,14,17)(H,15,19)/t13-/m1/s1. The quantitative estimate of drug-likeness (QED) is 0.723. The maximum atomic E-state index is 12.6. The SMILES string of the molecule is NC(=O)CN1C(=O)N[C@@]2(CCOc3ccccc32)C1=O. The number of fused-ring (bicyclic) bond motifs is 2. The summed E-state index contributed by atoms with van der Waals surface area (Å²) >= 11 is 0. The van der Waals surface area contributed by atoms with Crippen LogP contribution in [-0.4, -0.2) is 35.9 Å². The van der Waals surface area contributed by atoms with Crippen LogP contribution in [0.2, 0.25) is 0 Å². The smallest absolute Gasteiger partial charge is 0.325 e. The molecule has 1 aromatic rings. The van der Waals surface area contributed by atoms with Gasteiger partial charge in [0.25, 0.3) is 5.91 Å². The minimum Gasteiger partial charge on any atom is -0.493 e. The van der Waals surface area contributed by atoms with Crippen LogP contribution < -0.4 is 15.8 Å². The van der Waals surface area contributed by atoms with E-state index < -0.39 is 29.9 Å². The molecule has 3 rings (SSSR count). The van der Waals surface area contributed by atoms with Crippen molar-refractivity contribution in [3.63, 3.8) is 0 Å². The summed E-state index contributed by atoms with van der Waals surface area (Å²) in [5.41, 5.74) is 4.53. The van der Waals surface area contributed by atoms with Crippen molar-refractivity contribution in [1.82, 2.24) is 10.2 Å². The molecule has 1 atom stereocenters. The molecule has 0 bridgehead atoms. The number of rotatable bonds is 2. The molecule has 7 nitrogen and oxygen atoms in total. The molecule has 1 spiro atoms. The number of urea groups is 1. The summed E-state index contributed by atoms with van der Waals surface area (Å²) in [5, 5.41) is 2.68. The molecule has 2 aliphatic heterocycles. The lowest BCUT2D eigenvalue weighted by atomic mass is 9.84. The van der Waals surface area contributed by atoms with Crippen LogP contribution in [0.1, 0.15) is 12.0 Å². The minimum atomic E-state index is -1.15. The maximum Gasteiger partial charge on any atom is 0.325 e. The molecule has 0 unspecified atom stereocenters. The fourth-order valence-corrected chi connectivity index (χ4v) is 2.67. The normalized spacial score (nSPS) is 24.3. The molecule has 0 aliphatic carbocycles. The fourth-order valence-electron chi connectivity index (χ4n) is 2.67. The molecule has 1 saturated heterocycles. The highest BCUT2D eigenvalue weighted by molar-refractivity contribution is 6.09. The van der Waals surface area contributed by atoms with Crippen LogP contribution in [0.3, 0.4) is 0 Å². The number of benzene rings is 1. The zero-order chi connectivity index (χ0) is 14.3. The van der Waals surface area contributed by atoms with Crippen molar-refractivity contribution in [2.24, 2.45) is 5.73 Å². The zero-order valence-electron chi connectivity index (χ0n) is 10.6. The van der Waals surface area contributed by atoms with Gasteiger partial charge < -0.3 is 15.8 Å². The molecular formula is C13H13N3O4. The van der Waals surface area contributed by atoms with E-state index >= 15 is 0 Å². The second-order valence-electron chi connectivity index (χ2n) is 4.79. The second-order valence-corrected chi connectivity index (χ2v) is 4.79. The third-order valence-corrected chi connectivity index (χ3v) is 3.57. The highest BCUT2D eigenvalue weighted by Gasteiger charge is 2.54.